The van der Waals surface area contributed by atoms with Crippen molar-refractivity contribution < 1.29 is 23.1 Å². The number of benzene rings is 3. The first-order valence-electron chi connectivity index (χ1n) is 10.2. The number of amides is 1. The van der Waals surface area contributed by atoms with E-state index in [2.05, 4.69) is 5.32 Å². The van der Waals surface area contributed by atoms with Gasteiger partial charge >= 0.3 is 0 Å². The Bertz CT molecular complexity index is 1180. The normalized spacial score (nSPS) is 11.1. The molecule has 3 aromatic carbocycles. The summed E-state index contributed by atoms with van der Waals surface area (Å²) >= 11 is 6.20. The lowest BCUT2D eigenvalue weighted by molar-refractivity contribution is 0.0951. The maximum Gasteiger partial charge on any atom is 0.251 e. The van der Waals surface area contributed by atoms with Gasteiger partial charge in [-0.15, -0.1) is 0 Å². The highest BCUT2D eigenvalue weighted by Gasteiger charge is 2.19. The largest absolute Gasteiger partial charge is 0.491 e. The van der Waals surface area contributed by atoms with E-state index in [1.807, 2.05) is 12.1 Å². The molecule has 1 amide bonds. The molecule has 0 spiro atoms. The quantitative estimate of drug-likeness (QED) is 0.454. The highest BCUT2D eigenvalue weighted by Crippen LogP contribution is 2.24. The van der Waals surface area contributed by atoms with Crippen LogP contribution in [-0.4, -0.2) is 38.9 Å². The van der Waals surface area contributed by atoms with Gasteiger partial charge in [0.05, 0.1) is 25.1 Å². The standard InChI is InChI=1S/C24H25ClN2O5S/c1-33(30,31)27(17-20-4-2-3-5-23(20)25)21-10-8-19(9-11-21)24(29)26-16-18-6-12-22(13-7-18)32-15-14-28/h2-13,28H,14-17H2,1H3,(H,26,29). The Morgan fingerprint density at radius 2 is 1.70 bits per heavy atom. The fourth-order valence-corrected chi connectivity index (χ4v) is 4.19. The molecule has 0 unspecified atom stereocenters. The number of nitrogens with one attached hydrogen (secondary N) is 1. The Morgan fingerprint density at radius 3 is 2.30 bits per heavy atom. The average molecular weight is 489 g/mol. The van der Waals surface area contributed by atoms with Crippen LogP contribution in [0.25, 0.3) is 0 Å². The molecule has 9 heteroatoms. The minimum Gasteiger partial charge on any atom is -0.491 e. The SMILES string of the molecule is CS(=O)(=O)N(Cc1ccccc1Cl)c1ccc(C(=O)NCc2ccc(OCCO)cc2)cc1. The van der Waals surface area contributed by atoms with Crippen molar-refractivity contribution >= 4 is 33.2 Å². The van der Waals surface area contributed by atoms with Crippen LogP contribution in [0.1, 0.15) is 21.5 Å². The van der Waals surface area contributed by atoms with Gasteiger partial charge in [-0.05, 0) is 53.6 Å². The number of rotatable bonds is 10. The molecule has 0 bridgehead atoms. The number of carbonyl (C=O) groups is 1. The maximum absolute atomic E-state index is 12.5. The number of carbonyl (C=O) groups excluding carboxylic acids is 1. The van der Waals surface area contributed by atoms with Crippen LogP contribution in [0, 0.1) is 0 Å². The van der Waals surface area contributed by atoms with Gasteiger partial charge in [-0.1, -0.05) is 41.9 Å². The first kappa shape index (κ1) is 24.6. The van der Waals surface area contributed by atoms with Crippen LogP contribution in [0.4, 0.5) is 5.69 Å². The molecule has 0 aliphatic carbocycles. The summed E-state index contributed by atoms with van der Waals surface area (Å²) in [7, 11) is -3.57. The van der Waals surface area contributed by atoms with E-state index >= 15 is 0 Å². The topological polar surface area (TPSA) is 95.9 Å². The molecule has 2 N–H and O–H groups in total. The molecule has 3 aromatic rings. The summed E-state index contributed by atoms with van der Waals surface area (Å²) in [6.07, 6.45) is 1.13. The number of halogens is 1. The van der Waals surface area contributed by atoms with Crippen LogP contribution < -0.4 is 14.4 Å². The second-order valence-corrected chi connectivity index (χ2v) is 9.62. The second kappa shape index (κ2) is 11.2. The Balaban J connectivity index is 1.66. The van der Waals surface area contributed by atoms with Gasteiger partial charge in [-0.25, -0.2) is 8.42 Å². The highest BCUT2D eigenvalue weighted by atomic mass is 35.5. The summed E-state index contributed by atoms with van der Waals surface area (Å²) < 4.78 is 31.3. The molecule has 0 fully saturated rings. The fourth-order valence-electron chi connectivity index (χ4n) is 3.11. The number of anilines is 1. The van der Waals surface area contributed by atoms with Crippen LogP contribution in [-0.2, 0) is 23.1 Å². The summed E-state index contributed by atoms with van der Waals surface area (Å²) in [4.78, 5) is 12.5. The van der Waals surface area contributed by atoms with Gasteiger partial charge in [0.2, 0.25) is 10.0 Å². The van der Waals surface area contributed by atoms with Gasteiger partial charge in [-0.2, -0.15) is 0 Å². The molecule has 0 heterocycles. The van der Waals surface area contributed by atoms with Crippen LogP contribution in [0.2, 0.25) is 5.02 Å². The lowest BCUT2D eigenvalue weighted by Crippen LogP contribution is -2.29. The molecule has 33 heavy (non-hydrogen) atoms. The molecule has 0 aliphatic heterocycles. The molecule has 0 atom stereocenters. The fraction of sp³-hybridized carbons (Fsp3) is 0.208. The minimum atomic E-state index is -3.57. The smallest absolute Gasteiger partial charge is 0.251 e. The van der Waals surface area contributed by atoms with Crippen molar-refractivity contribution in [3.63, 3.8) is 0 Å². The van der Waals surface area contributed by atoms with Gasteiger partial charge in [0.25, 0.3) is 5.91 Å². The first-order valence-corrected chi connectivity index (χ1v) is 12.4. The summed E-state index contributed by atoms with van der Waals surface area (Å²) in [5.74, 6) is 0.362. The summed E-state index contributed by atoms with van der Waals surface area (Å²) in [5.41, 5.74) is 2.42. The number of aliphatic hydroxyl groups is 1. The molecule has 0 saturated heterocycles. The van der Waals surface area contributed by atoms with Crippen LogP contribution >= 0.6 is 11.6 Å². The number of ether oxygens (including phenoxy) is 1. The van der Waals surface area contributed by atoms with Crippen molar-refractivity contribution in [3.8, 4) is 5.75 Å². The van der Waals surface area contributed by atoms with Gasteiger partial charge in [-0.3, -0.25) is 9.10 Å². The predicted molar refractivity (Wildman–Crippen MR) is 129 cm³/mol. The molecular weight excluding hydrogens is 464 g/mol. The molecular formula is C24H25ClN2O5S. The van der Waals surface area contributed by atoms with E-state index in [9.17, 15) is 13.2 Å². The van der Waals surface area contributed by atoms with E-state index in [0.29, 0.717) is 34.1 Å². The van der Waals surface area contributed by atoms with E-state index in [4.69, 9.17) is 21.4 Å². The van der Waals surface area contributed by atoms with Crippen molar-refractivity contribution in [2.45, 2.75) is 13.1 Å². The third-order valence-corrected chi connectivity index (χ3v) is 6.34. The summed E-state index contributed by atoms with van der Waals surface area (Å²) in [5, 5.41) is 12.1. The Kier molecular flexibility index (Phi) is 8.32. The number of nitrogens with zero attached hydrogens (tertiary/aromatic N) is 1. The van der Waals surface area contributed by atoms with Gasteiger partial charge in [0.15, 0.2) is 0 Å². The molecule has 7 nitrogen and oxygen atoms in total. The molecule has 0 aromatic heterocycles. The van der Waals surface area contributed by atoms with Crippen molar-refractivity contribution in [1.82, 2.24) is 5.32 Å². The number of hydrogen-bond donors (Lipinski definition) is 2. The van der Waals surface area contributed by atoms with Crippen LogP contribution in [0.15, 0.2) is 72.8 Å². The number of sulfonamides is 1. The third-order valence-electron chi connectivity index (χ3n) is 4.83. The summed E-state index contributed by atoms with van der Waals surface area (Å²) in [6.45, 7) is 0.574. The van der Waals surface area contributed by atoms with E-state index < -0.39 is 10.0 Å². The van der Waals surface area contributed by atoms with Crippen molar-refractivity contribution in [1.29, 1.82) is 0 Å². The van der Waals surface area contributed by atoms with E-state index in [1.165, 1.54) is 4.31 Å². The van der Waals surface area contributed by atoms with Crippen LogP contribution in [0.5, 0.6) is 5.75 Å². The molecule has 3 rings (SSSR count). The molecule has 0 saturated carbocycles. The van der Waals surface area contributed by atoms with E-state index in [1.54, 1.807) is 60.7 Å². The zero-order chi connectivity index (χ0) is 23.8. The summed E-state index contributed by atoms with van der Waals surface area (Å²) in [6, 6.07) is 20.6. The van der Waals surface area contributed by atoms with Gasteiger partial charge in [0, 0.05) is 17.1 Å². The first-order chi connectivity index (χ1) is 15.8. The Morgan fingerprint density at radius 1 is 1.03 bits per heavy atom. The lowest BCUT2D eigenvalue weighted by atomic mass is 10.1. The van der Waals surface area contributed by atoms with Gasteiger partial charge in [0.1, 0.15) is 12.4 Å². The second-order valence-electron chi connectivity index (χ2n) is 7.31. The number of aliphatic hydroxyl groups excluding tert-OH is 1. The monoisotopic (exact) mass is 488 g/mol. The highest BCUT2D eigenvalue weighted by molar-refractivity contribution is 7.92. The maximum atomic E-state index is 12.5. The van der Waals surface area contributed by atoms with E-state index in [-0.39, 0.29) is 25.7 Å². The molecule has 0 aliphatic rings. The Hall–Kier alpha value is -3.07. The van der Waals surface area contributed by atoms with Crippen molar-refractivity contribution in [2.75, 3.05) is 23.8 Å². The van der Waals surface area contributed by atoms with Crippen molar-refractivity contribution in [3.05, 3.63) is 94.5 Å². The third kappa shape index (κ3) is 6.95. The Labute approximate surface area is 198 Å². The lowest BCUT2D eigenvalue weighted by Gasteiger charge is -2.23. The number of hydrogen-bond acceptors (Lipinski definition) is 5. The molecule has 174 valence electrons. The average Bonchev–Trinajstić information content (AvgIpc) is 2.80. The molecule has 0 radical (unpaired) electrons. The van der Waals surface area contributed by atoms with Crippen molar-refractivity contribution in [2.24, 2.45) is 0 Å². The van der Waals surface area contributed by atoms with Gasteiger partial charge < -0.3 is 15.2 Å². The van der Waals surface area contributed by atoms with Crippen LogP contribution in [0.3, 0.4) is 0 Å². The zero-order valence-corrected chi connectivity index (χ0v) is 19.6. The zero-order valence-electron chi connectivity index (χ0n) is 18.1. The predicted octanol–water partition coefficient (Wildman–Crippen LogP) is 3.61. The minimum absolute atomic E-state index is 0.0570. The van der Waals surface area contributed by atoms with E-state index in [0.717, 1.165) is 11.8 Å².